The van der Waals surface area contributed by atoms with E-state index in [0.717, 1.165) is 29.0 Å². The van der Waals surface area contributed by atoms with E-state index in [-0.39, 0.29) is 5.54 Å². The zero-order chi connectivity index (χ0) is 18.2. The molecule has 2 aromatic rings. The van der Waals surface area contributed by atoms with E-state index in [4.69, 9.17) is 10.7 Å². The van der Waals surface area contributed by atoms with Crippen molar-refractivity contribution in [1.29, 1.82) is 0 Å². The van der Waals surface area contributed by atoms with Gasteiger partial charge in [-0.2, -0.15) is 0 Å². The first-order chi connectivity index (χ1) is 13.1. The normalized spacial score (nSPS) is 36.6. The van der Waals surface area contributed by atoms with Crippen molar-refractivity contribution in [2.45, 2.75) is 56.6 Å². The van der Waals surface area contributed by atoms with E-state index in [0.29, 0.717) is 12.4 Å². The van der Waals surface area contributed by atoms with Crippen molar-refractivity contribution in [3.63, 3.8) is 0 Å². The average Bonchev–Trinajstić information content (AvgIpc) is 2.94. The second-order valence-electron chi connectivity index (χ2n) is 9.52. The highest BCUT2D eigenvalue weighted by atomic mass is 16.3. The lowest BCUT2D eigenvalue weighted by molar-refractivity contribution is 0.00163. The van der Waals surface area contributed by atoms with Gasteiger partial charge in [0.1, 0.15) is 0 Å². The molecule has 0 heterocycles. The number of hydrogen-bond acceptors (Lipinski definition) is 2. The highest BCUT2D eigenvalue weighted by Crippen LogP contribution is 2.57. The second-order valence-corrected chi connectivity index (χ2v) is 9.52. The van der Waals surface area contributed by atoms with Crippen molar-refractivity contribution in [1.82, 2.24) is 0 Å². The molecule has 4 heteroatoms. The molecule has 0 amide bonds. The molecule has 2 aromatic carbocycles. The minimum Gasteiger partial charge on any atom is -0.388 e. The fourth-order valence-electron chi connectivity index (χ4n) is 7.02. The molecule has 4 fully saturated rings. The summed E-state index contributed by atoms with van der Waals surface area (Å²) in [7, 11) is 0. The third-order valence-corrected chi connectivity index (χ3v) is 7.57. The van der Waals surface area contributed by atoms with Gasteiger partial charge in [0.15, 0.2) is 5.96 Å². The van der Waals surface area contributed by atoms with E-state index in [2.05, 4.69) is 23.5 Å². The molecule has 4 saturated carbocycles. The van der Waals surface area contributed by atoms with Gasteiger partial charge in [0.05, 0.1) is 11.6 Å². The van der Waals surface area contributed by atoms with Crippen LogP contribution >= 0.6 is 0 Å². The molecule has 1 unspecified atom stereocenters. The summed E-state index contributed by atoms with van der Waals surface area (Å²) in [6, 6.07) is 10.4. The molecule has 0 aliphatic heterocycles. The summed E-state index contributed by atoms with van der Waals surface area (Å²) in [4.78, 5) is 5.08. The Hall–Kier alpha value is -2.07. The Bertz CT molecular complexity index is 928. The van der Waals surface area contributed by atoms with Crippen LogP contribution in [0.5, 0.6) is 0 Å². The number of nitrogens with two attached hydrogens (primary N) is 1. The van der Waals surface area contributed by atoms with Gasteiger partial charge in [-0.05, 0) is 84.2 Å². The van der Waals surface area contributed by atoms with Crippen molar-refractivity contribution in [2.24, 2.45) is 28.5 Å². The SMILES string of the molecule is NC(=NC12CC3CC(CC(C3)C1)C2)Nc1ccc2cccc3c2c1CC3O. The largest absolute Gasteiger partial charge is 0.388 e. The summed E-state index contributed by atoms with van der Waals surface area (Å²) in [5, 5.41) is 16.2. The van der Waals surface area contributed by atoms with E-state index in [1.54, 1.807) is 0 Å². The van der Waals surface area contributed by atoms with Gasteiger partial charge >= 0.3 is 0 Å². The number of aliphatic hydroxyl groups excluding tert-OH is 1. The Morgan fingerprint density at radius 2 is 1.74 bits per heavy atom. The van der Waals surface area contributed by atoms with Crippen molar-refractivity contribution >= 4 is 22.4 Å². The van der Waals surface area contributed by atoms with Crippen molar-refractivity contribution in [3.05, 3.63) is 41.5 Å². The zero-order valence-corrected chi connectivity index (χ0v) is 15.6. The van der Waals surface area contributed by atoms with Crippen LogP contribution in [0.1, 0.15) is 55.8 Å². The minimum absolute atomic E-state index is 0.0771. The van der Waals surface area contributed by atoms with Crippen LogP contribution in [0, 0.1) is 17.8 Å². The molecule has 4 N–H and O–H groups in total. The monoisotopic (exact) mass is 361 g/mol. The van der Waals surface area contributed by atoms with Crippen LogP contribution < -0.4 is 11.1 Å². The summed E-state index contributed by atoms with van der Waals surface area (Å²) in [5.74, 6) is 3.14. The summed E-state index contributed by atoms with van der Waals surface area (Å²) in [6.45, 7) is 0. The Morgan fingerprint density at radius 1 is 1.04 bits per heavy atom. The van der Waals surface area contributed by atoms with E-state index in [9.17, 15) is 5.11 Å². The molecule has 0 spiro atoms. The molecule has 7 rings (SSSR count). The molecule has 140 valence electrons. The van der Waals surface area contributed by atoms with Gasteiger partial charge < -0.3 is 16.2 Å². The Kier molecular flexibility index (Phi) is 3.23. The summed E-state index contributed by atoms with van der Waals surface area (Å²) >= 11 is 0. The number of rotatable bonds is 2. The number of anilines is 1. The third-order valence-electron chi connectivity index (χ3n) is 7.57. The smallest absolute Gasteiger partial charge is 0.193 e. The van der Waals surface area contributed by atoms with E-state index < -0.39 is 6.10 Å². The van der Waals surface area contributed by atoms with Crippen molar-refractivity contribution < 1.29 is 5.11 Å². The highest BCUT2D eigenvalue weighted by Gasteiger charge is 2.51. The van der Waals surface area contributed by atoms with Gasteiger partial charge in [-0.15, -0.1) is 0 Å². The molecular weight excluding hydrogens is 334 g/mol. The van der Waals surface area contributed by atoms with E-state index >= 15 is 0 Å². The number of hydrogen-bond donors (Lipinski definition) is 3. The molecule has 0 aromatic heterocycles. The van der Waals surface area contributed by atoms with E-state index in [1.165, 1.54) is 54.9 Å². The maximum absolute atomic E-state index is 10.4. The van der Waals surface area contributed by atoms with Gasteiger partial charge in [-0.1, -0.05) is 24.3 Å². The van der Waals surface area contributed by atoms with Gasteiger partial charge in [0, 0.05) is 12.1 Å². The summed E-state index contributed by atoms with van der Waals surface area (Å²) in [6.07, 6.45) is 8.11. The number of guanidine groups is 1. The van der Waals surface area contributed by atoms with Crippen LogP contribution in [-0.4, -0.2) is 16.6 Å². The van der Waals surface area contributed by atoms with Gasteiger partial charge in [0.2, 0.25) is 0 Å². The number of nitrogens with zero attached hydrogens (tertiary/aromatic N) is 1. The lowest BCUT2D eigenvalue weighted by Crippen LogP contribution is -2.50. The molecule has 5 aliphatic rings. The fourth-order valence-corrected chi connectivity index (χ4v) is 7.02. The molecule has 0 saturated heterocycles. The fraction of sp³-hybridized carbons (Fsp3) is 0.522. The summed E-state index contributed by atoms with van der Waals surface area (Å²) in [5.41, 5.74) is 9.69. The van der Waals surface area contributed by atoms with Crippen LogP contribution in [0.25, 0.3) is 10.8 Å². The number of aliphatic hydroxyl groups is 1. The van der Waals surface area contributed by atoms with Crippen LogP contribution in [0.15, 0.2) is 35.3 Å². The predicted molar refractivity (Wildman–Crippen MR) is 109 cm³/mol. The lowest BCUT2D eigenvalue weighted by atomic mass is 9.53. The zero-order valence-electron chi connectivity index (χ0n) is 15.6. The Morgan fingerprint density at radius 3 is 2.44 bits per heavy atom. The first kappa shape index (κ1) is 15.9. The molecule has 4 nitrogen and oxygen atoms in total. The molecule has 1 atom stereocenters. The topological polar surface area (TPSA) is 70.6 Å². The van der Waals surface area contributed by atoms with E-state index in [1.807, 2.05) is 12.1 Å². The first-order valence-electron chi connectivity index (χ1n) is 10.4. The van der Waals surface area contributed by atoms with Gasteiger partial charge in [0.25, 0.3) is 0 Å². The second kappa shape index (κ2) is 5.48. The number of aliphatic imine (C=N–C) groups is 1. The molecule has 0 radical (unpaired) electrons. The minimum atomic E-state index is -0.423. The third kappa shape index (κ3) is 2.42. The Balaban J connectivity index is 1.33. The summed E-state index contributed by atoms with van der Waals surface area (Å²) < 4.78 is 0. The number of benzene rings is 2. The molecule has 27 heavy (non-hydrogen) atoms. The predicted octanol–water partition coefficient (Wildman–Crippen LogP) is 4.12. The average molecular weight is 361 g/mol. The molecular formula is C23H27N3O. The number of nitrogens with one attached hydrogen (secondary N) is 1. The van der Waals surface area contributed by atoms with Crippen LogP contribution in [0.4, 0.5) is 5.69 Å². The molecule has 4 bridgehead atoms. The molecule has 5 aliphatic carbocycles. The maximum atomic E-state index is 10.4. The van der Waals surface area contributed by atoms with Crippen LogP contribution in [0.3, 0.4) is 0 Å². The standard InChI is InChI=1S/C23H27N3O/c24-22(26-23-10-13-6-14(11-23)8-15(7-13)12-23)25-19-5-4-16-2-1-3-17-20(27)9-18(19)21(16)17/h1-5,13-15,20,27H,6-12H2,(H3,24,25,26). The first-order valence-corrected chi connectivity index (χ1v) is 10.4. The Labute approximate surface area is 159 Å². The van der Waals surface area contributed by atoms with Gasteiger partial charge in [-0.3, -0.25) is 0 Å². The van der Waals surface area contributed by atoms with Gasteiger partial charge in [-0.25, -0.2) is 4.99 Å². The van der Waals surface area contributed by atoms with Crippen molar-refractivity contribution in [2.75, 3.05) is 5.32 Å². The highest BCUT2D eigenvalue weighted by molar-refractivity contribution is 6.00. The van der Waals surface area contributed by atoms with Crippen molar-refractivity contribution in [3.8, 4) is 0 Å². The van der Waals surface area contributed by atoms with Crippen LogP contribution in [-0.2, 0) is 6.42 Å². The van der Waals surface area contributed by atoms with Crippen LogP contribution in [0.2, 0.25) is 0 Å². The quantitative estimate of drug-likeness (QED) is 0.556. The maximum Gasteiger partial charge on any atom is 0.193 e. The lowest BCUT2D eigenvalue weighted by Gasteiger charge is -2.54.